The molecule has 18 heavy (non-hydrogen) atoms. The van der Waals surface area contributed by atoms with E-state index in [4.69, 9.17) is 22.1 Å². The van der Waals surface area contributed by atoms with Crippen molar-refractivity contribution in [2.24, 2.45) is 5.73 Å². The zero-order chi connectivity index (χ0) is 13.0. The number of ether oxygens (including phenoxy) is 1. The number of rotatable bonds is 4. The highest BCUT2D eigenvalue weighted by atomic mass is 35.5. The predicted molar refractivity (Wildman–Crippen MR) is 75.3 cm³/mol. The van der Waals surface area contributed by atoms with Crippen molar-refractivity contribution >= 4 is 11.6 Å². The minimum atomic E-state index is 0.188. The average molecular weight is 262 g/mol. The van der Waals surface area contributed by atoms with E-state index < -0.39 is 0 Å². The maximum atomic E-state index is 5.90. The fourth-order valence-corrected chi connectivity index (χ4v) is 2.12. The van der Waals surface area contributed by atoms with Gasteiger partial charge in [0.15, 0.2) is 0 Å². The van der Waals surface area contributed by atoms with E-state index in [2.05, 4.69) is 0 Å². The second-order valence-corrected chi connectivity index (χ2v) is 4.55. The summed E-state index contributed by atoms with van der Waals surface area (Å²) in [6, 6.07) is 15.8. The molecule has 0 fully saturated rings. The van der Waals surface area contributed by atoms with Crippen LogP contribution in [-0.4, -0.2) is 13.7 Å². The van der Waals surface area contributed by atoms with Gasteiger partial charge in [-0.1, -0.05) is 35.9 Å². The van der Waals surface area contributed by atoms with Gasteiger partial charge in [0.1, 0.15) is 5.75 Å². The van der Waals surface area contributed by atoms with Crippen LogP contribution in [0.5, 0.6) is 5.75 Å². The molecule has 2 aromatic rings. The van der Waals surface area contributed by atoms with Gasteiger partial charge in [0.2, 0.25) is 0 Å². The molecule has 2 nitrogen and oxygen atoms in total. The Morgan fingerprint density at radius 3 is 1.94 bits per heavy atom. The van der Waals surface area contributed by atoms with Gasteiger partial charge in [-0.05, 0) is 35.4 Å². The van der Waals surface area contributed by atoms with E-state index in [0.29, 0.717) is 6.54 Å². The largest absolute Gasteiger partial charge is 0.497 e. The topological polar surface area (TPSA) is 35.2 Å². The van der Waals surface area contributed by atoms with Crippen LogP contribution in [0.25, 0.3) is 0 Å². The van der Waals surface area contributed by atoms with Crippen LogP contribution in [0.2, 0.25) is 5.02 Å². The number of nitrogens with two attached hydrogens (primary N) is 1. The van der Waals surface area contributed by atoms with Gasteiger partial charge in [0.05, 0.1) is 7.11 Å². The Labute approximate surface area is 112 Å². The first-order chi connectivity index (χ1) is 8.74. The summed E-state index contributed by atoms with van der Waals surface area (Å²) in [6.45, 7) is 0.563. The van der Waals surface area contributed by atoms with Gasteiger partial charge in [0, 0.05) is 17.5 Å². The van der Waals surface area contributed by atoms with Crippen LogP contribution < -0.4 is 10.5 Å². The highest BCUT2D eigenvalue weighted by Crippen LogP contribution is 2.26. The molecule has 3 heteroatoms. The Bertz CT molecular complexity index is 493. The van der Waals surface area contributed by atoms with E-state index >= 15 is 0 Å². The number of methoxy groups -OCH3 is 1. The quantitative estimate of drug-likeness (QED) is 0.915. The fourth-order valence-electron chi connectivity index (χ4n) is 2.00. The Morgan fingerprint density at radius 1 is 1.00 bits per heavy atom. The summed E-state index contributed by atoms with van der Waals surface area (Å²) >= 11 is 5.90. The Kier molecular flexibility index (Phi) is 4.24. The Hall–Kier alpha value is -1.51. The molecule has 0 saturated heterocycles. The maximum absolute atomic E-state index is 5.90. The van der Waals surface area contributed by atoms with Gasteiger partial charge in [0.25, 0.3) is 0 Å². The molecule has 2 N–H and O–H groups in total. The van der Waals surface area contributed by atoms with Crippen LogP contribution in [0.4, 0.5) is 0 Å². The van der Waals surface area contributed by atoms with E-state index in [1.807, 2.05) is 48.5 Å². The molecule has 1 unspecified atom stereocenters. The molecule has 0 saturated carbocycles. The molecule has 0 aliphatic heterocycles. The first-order valence-electron chi connectivity index (χ1n) is 5.84. The Morgan fingerprint density at radius 2 is 1.50 bits per heavy atom. The highest BCUT2D eigenvalue weighted by molar-refractivity contribution is 6.30. The molecule has 0 spiro atoms. The standard InChI is InChI=1S/C15H16ClNO/c1-18-14-8-4-12(5-9-14)15(10-17)11-2-6-13(16)7-3-11/h2-9,15H,10,17H2,1H3. The van der Waals surface area contributed by atoms with Gasteiger partial charge in [-0.2, -0.15) is 0 Å². The lowest BCUT2D eigenvalue weighted by molar-refractivity contribution is 0.414. The van der Waals surface area contributed by atoms with Gasteiger partial charge >= 0.3 is 0 Å². The van der Waals surface area contributed by atoms with Crippen LogP contribution in [0.15, 0.2) is 48.5 Å². The third kappa shape index (κ3) is 2.84. The lowest BCUT2D eigenvalue weighted by Gasteiger charge is -2.16. The second-order valence-electron chi connectivity index (χ2n) is 4.11. The van der Waals surface area contributed by atoms with Gasteiger partial charge in [-0.3, -0.25) is 0 Å². The third-order valence-electron chi connectivity index (χ3n) is 3.03. The van der Waals surface area contributed by atoms with Crippen LogP contribution in [-0.2, 0) is 0 Å². The molecule has 0 aliphatic rings. The van der Waals surface area contributed by atoms with Gasteiger partial charge in [-0.25, -0.2) is 0 Å². The zero-order valence-electron chi connectivity index (χ0n) is 10.3. The molecule has 0 aliphatic carbocycles. The number of benzene rings is 2. The second kappa shape index (κ2) is 5.89. The number of hydrogen-bond acceptors (Lipinski definition) is 2. The minimum absolute atomic E-state index is 0.188. The molecule has 0 aromatic heterocycles. The summed E-state index contributed by atoms with van der Waals surface area (Å²) in [4.78, 5) is 0. The van der Waals surface area contributed by atoms with Gasteiger partial charge < -0.3 is 10.5 Å². The first-order valence-corrected chi connectivity index (χ1v) is 6.22. The van der Waals surface area contributed by atoms with Crippen molar-refractivity contribution < 1.29 is 4.74 Å². The minimum Gasteiger partial charge on any atom is -0.497 e. The van der Waals surface area contributed by atoms with Gasteiger partial charge in [-0.15, -0.1) is 0 Å². The lowest BCUT2D eigenvalue weighted by Crippen LogP contribution is -2.13. The first kappa shape index (κ1) is 12.9. The molecule has 1 atom stereocenters. The fraction of sp³-hybridized carbons (Fsp3) is 0.200. The summed E-state index contributed by atoms with van der Waals surface area (Å²) < 4.78 is 5.16. The van der Waals surface area contributed by atoms with Crippen LogP contribution in [0.1, 0.15) is 17.0 Å². The molecule has 0 amide bonds. The summed E-state index contributed by atoms with van der Waals surface area (Å²) in [5.41, 5.74) is 8.24. The average Bonchev–Trinajstić information content (AvgIpc) is 2.42. The van der Waals surface area contributed by atoms with Crippen molar-refractivity contribution in [3.05, 3.63) is 64.7 Å². The van der Waals surface area contributed by atoms with Crippen molar-refractivity contribution in [2.75, 3.05) is 13.7 Å². The van der Waals surface area contributed by atoms with Crippen LogP contribution >= 0.6 is 11.6 Å². The maximum Gasteiger partial charge on any atom is 0.118 e. The molecular formula is C15H16ClNO. The van der Waals surface area contributed by atoms with E-state index in [1.165, 1.54) is 11.1 Å². The van der Waals surface area contributed by atoms with Crippen molar-refractivity contribution in [3.8, 4) is 5.75 Å². The smallest absolute Gasteiger partial charge is 0.118 e. The number of hydrogen-bond donors (Lipinski definition) is 1. The van der Waals surface area contributed by atoms with Crippen molar-refractivity contribution in [1.29, 1.82) is 0 Å². The zero-order valence-corrected chi connectivity index (χ0v) is 11.0. The van der Waals surface area contributed by atoms with E-state index in [9.17, 15) is 0 Å². The summed E-state index contributed by atoms with van der Waals surface area (Å²) in [6.07, 6.45) is 0. The summed E-state index contributed by atoms with van der Waals surface area (Å²) in [7, 11) is 1.66. The SMILES string of the molecule is COc1ccc(C(CN)c2ccc(Cl)cc2)cc1. The normalized spacial score (nSPS) is 12.2. The molecule has 2 aromatic carbocycles. The van der Waals surface area contributed by atoms with E-state index in [0.717, 1.165) is 10.8 Å². The summed E-state index contributed by atoms with van der Waals surface area (Å²) in [5.74, 6) is 1.04. The summed E-state index contributed by atoms with van der Waals surface area (Å²) in [5, 5.41) is 0.740. The number of halogens is 1. The third-order valence-corrected chi connectivity index (χ3v) is 3.28. The Balaban J connectivity index is 2.29. The molecule has 0 radical (unpaired) electrons. The molecule has 94 valence electrons. The van der Waals surface area contributed by atoms with Crippen molar-refractivity contribution in [3.63, 3.8) is 0 Å². The monoisotopic (exact) mass is 261 g/mol. The molecule has 0 bridgehead atoms. The lowest BCUT2D eigenvalue weighted by atomic mass is 9.91. The highest BCUT2D eigenvalue weighted by Gasteiger charge is 2.12. The van der Waals surface area contributed by atoms with E-state index in [-0.39, 0.29) is 5.92 Å². The van der Waals surface area contributed by atoms with Crippen LogP contribution in [0.3, 0.4) is 0 Å². The van der Waals surface area contributed by atoms with E-state index in [1.54, 1.807) is 7.11 Å². The predicted octanol–water partition coefficient (Wildman–Crippen LogP) is 3.44. The molecular weight excluding hydrogens is 246 g/mol. The van der Waals surface area contributed by atoms with Crippen molar-refractivity contribution in [2.45, 2.75) is 5.92 Å². The van der Waals surface area contributed by atoms with Crippen LogP contribution in [0, 0.1) is 0 Å². The molecule has 0 heterocycles. The molecule has 2 rings (SSSR count). The van der Waals surface area contributed by atoms with Crippen molar-refractivity contribution in [1.82, 2.24) is 0 Å².